The van der Waals surface area contributed by atoms with Crippen molar-refractivity contribution in [3.05, 3.63) is 35.5 Å². The lowest BCUT2D eigenvalue weighted by atomic mass is 10.2. The van der Waals surface area contributed by atoms with Crippen LogP contribution in [-0.4, -0.2) is 25.0 Å². The van der Waals surface area contributed by atoms with Gasteiger partial charge in [0, 0.05) is 22.5 Å². The molecule has 0 unspecified atom stereocenters. The number of hydrogen-bond donors (Lipinski definition) is 1. The number of hydrogen-bond acceptors (Lipinski definition) is 3. The van der Waals surface area contributed by atoms with Gasteiger partial charge in [-0.1, -0.05) is 17.7 Å². The van der Waals surface area contributed by atoms with E-state index in [1.807, 2.05) is 6.07 Å². The summed E-state index contributed by atoms with van der Waals surface area (Å²) in [7, 11) is -3.42. The van der Waals surface area contributed by atoms with E-state index in [0.29, 0.717) is 34.9 Å². The van der Waals surface area contributed by atoms with Crippen LogP contribution < -0.4 is 4.72 Å². The smallest absolute Gasteiger partial charge is 0.232 e. The molecule has 20 heavy (non-hydrogen) atoms. The number of fused-ring (bicyclic) bond motifs is 1. The predicted octanol–water partition coefficient (Wildman–Crippen LogP) is 3.65. The highest BCUT2D eigenvalue weighted by Crippen LogP contribution is 2.27. The summed E-state index contributed by atoms with van der Waals surface area (Å²) in [5, 5.41) is 1.25. The van der Waals surface area contributed by atoms with Gasteiger partial charge in [0.25, 0.3) is 0 Å². The molecule has 0 saturated heterocycles. The number of unbranched alkanes of at least 4 members (excludes halogenated alkanes) is 1. The molecule has 2 aromatic rings. The molecule has 1 aromatic carbocycles. The van der Waals surface area contributed by atoms with Crippen molar-refractivity contribution >= 4 is 49.8 Å². The fourth-order valence-corrected chi connectivity index (χ4v) is 3.43. The van der Waals surface area contributed by atoms with Crippen molar-refractivity contribution < 1.29 is 8.42 Å². The van der Waals surface area contributed by atoms with E-state index in [4.69, 9.17) is 23.2 Å². The first kappa shape index (κ1) is 15.4. The first-order valence-corrected chi connectivity index (χ1v) is 8.69. The Balaban J connectivity index is 2.29. The van der Waals surface area contributed by atoms with Crippen molar-refractivity contribution in [1.82, 2.24) is 4.98 Å². The number of anilines is 1. The predicted molar refractivity (Wildman–Crippen MR) is 84.1 cm³/mol. The van der Waals surface area contributed by atoms with E-state index >= 15 is 0 Å². The number of pyridine rings is 1. The second-order valence-electron chi connectivity index (χ2n) is 4.35. The van der Waals surface area contributed by atoms with Crippen molar-refractivity contribution in [2.75, 3.05) is 16.4 Å². The molecule has 0 fully saturated rings. The quantitative estimate of drug-likeness (QED) is 0.648. The summed E-state index contributed by atoms with van der Waals surface area (Å²) in [6, 6.07) is 6.92. The Hall–Kier alpha value is -1.04. The summed E-state index contributed by atoms with van der Waals surface area (Å²) in [4.78, 5) is 4.20. The maximum Gasteiger partial charge on any atom is 0.232 e. The number of aromatic nitrogens is 1. The molecule has 0 saturated carbocycles. The maximum atomic E-state index is 12.0. The highest BCUT2D eigenvalue weighted by Gasteiger charge is 2.13. The molecule has 1 heterocycles. The molecule has 2 rings (SSSR count). The van der Waals surface area contributed by atoms with Crippen LogP contribution in [0, 0.1) is 0 Å². The van der Waals surface area contributed by atoms with Crippen LogP contribution in [0.25, 0.3) is 10.9 Å². The average molecular weight is 333 g/mol. The zero-order valence-electron chi connectivity index (χ0n) is 10.6. The molecule has 0 aliphatic heterocycles. The van der Waals surface area contributed by atoms with Crippen molar-refractivity contribution in [2.45, 2.75) is 12.8 Å². The van der Waals surface area contributed by atoms with Crippen molar-refractivity contribution in [3.8, 4) is 0 Å². The van der Waals surface area contributed by atoms with Crippen LogP contribution in [0.15, 0.2) is 30.5 Å². The molecule has 7 heteroatoms. The third kappa shape index (κ3) is 3.98. The molecule has 1 aromatic heterocycles. The highest BCUT2D eigenvalue weighted by molar-refractivity contribution is 7.92. The van der Waals surface area contributed by atoms with Crippen LogP contribution in [0.2, 0.25) is 5.02 Å². The lowest BCUT2D eigenvalue weighted by Gasteiger charge is -2.10. The molecule has 0 radical (unpaired) electrons. The van der Waals surface area contributed by atoms with Gasteiger partial charge in [-0.15, -0.1) is 11.6 Å². The molecule has 0 amide bonds. The summed E-state index contributed by atoms with van der Waals surface area (Å²) < 4.78 is 26.6. The Kier molecular flexibility index (Phi) is 5.07. The molecule has 0 spiro atoms. The van der Waals surface area contributed by atoms with Crippen LogP contribution in [0.4, 0.5) is 5.69 Å². The van der Waals surface area contributed by atoms with Gasteiger partial charge in [0.15, 0.2) is 0 Å². The van der Waals surface area contributed by atoms with E-state index in [-0.39, 0.29) is 5.75 Å². The minimum atomic E-state index is -3.42. The topological polar surface area (TPSA) is 59.1 Å². The van der Waals surface area contributed by atoms with Gasteiger partial charge in [0.1, 0.15) is 0 Å². The largest absolute Gasteiger partial charge is 0.281 e. The molecule has 0 aliphatic carbocycles. The third-order valence-corrected chi connectivity index (χ3v) is 4.57. The van der Waals surface area contributed by atoms with Crippen molar-refractivity contribution in [2.24, 2.45) is 0 Å². The normalized spacial score (nSPS) is 11.7. The molecule has 0 bridgehead atoms. The molecule has 0 atom stereocenters. The summed E-state index contributed by atoms with van der Waals surface area (Å²) in [5.74, 6) is 0.484. The Morgan fingerprint density at radius 2 is 2.05 bits per heavy atom. The van der Waals surface area contributed by atoms with Gasteiger partial charge in [0.2, 0.25) is 10.0 Å². The minimum Gasteiger partial charge on any atom is -0.281 e. The monoisotopic (exact) mass is 332 g/mol. The van der Waals surface area contributed by atoms with Crippen LogP contribution in [0.3, 0.4) is 0 Å². The molecule has 4 nitrogen and oxygen atoms in total. The summed E-state index contributed by atoms with van der Waals surface area (Å²) in [6.07, 6.45) is 2.79. The first-order valence-electron chi connectivity index (χ1n) is 6.12. The van der Waals surface area contributed by atoms with E-state index in [9.17, 15) is 8.42 Å². The number of rotatable bonds is 6. The summed E-state index contributed by atoms with van der Waals surface area (Å²) >= 11 is 11.5. The number of nitrogens with one attached hydrogen (secondary N) is 1. The van der Waals surface area contributed by atoms with Crippen molar-refractivity contribution in [3.63, 3.8) is 0 Å². The zero-order valence-corrected chi connectivity index (χ0v) is 13.0. The van der Waals surface area contributed by atoms with Gasteiger partial charge < -0.3 is 0 Å². The van der Waals surface area contributed by atoms with E-state index < -0.39 is 10.0 Å². The van der Waals surface area contributed by atoms with Crippen LogP contribution >= 0.6 is 23.2 Å². The van der Waals surface area contributed by atoms with Gasteiger partial charge in [-0.05, 0) is 31.0 Å². The summed E-state index contributed by atoms with van der Waals surface area (Å²) in [5.41, 5.74) is 0.983. The fourth-order valence-electron chi connectivity index (χ4n) is 1.84. The average Bonchev–Trinajstić information content (AvgIpc) is 2.38. The SMILES string of the molecule is O=S(=O)(CCCCCl)Nc1cc(Cl)cc2cccnc12. The van der Waals surface area contributed by atoms with Crippen LogP contribution in [-0.2, 0) is 10.0 Å². The molecule has 0 aliphatic rings. The van der Waals surface area contributed by atoms with E-state index in [2.05, 4.69) is 9.71 Å². The molecule has 1 N–H and O–H groups in total. The van der Waals surface area contributed by atoms with Gasteiger partial charge in [0.05, 0.1) is 17.0 Å². The van der Waals surface area contributed by atoms with Gasteiger partial charge in [-0.3, -0.25) is 9.71 Å². The Labute approximate surface area is 128 Å². The van der Waals surface area contributed by atoms with Crippen LogP contribution in [0.1, 0.15) is 12.8 Å². The number of alkyl halides is 1. The van der Waals surface area contributed by atoms with Crippen molar-refractivity contribution in [1.29, 1.82) is 0 Å². The zero-order chi connectivity index (χ0) is 14.6. The van der Waals surface area contributed by atoms with E-state index in [1.165, 1.54) is 0 Å². The van der Waals surface area contributed by atoms with Gasteiger partial charge >= 0.3 is 0 Å². The number of sulfonamides is 1. The lowest BCUT2D eigenvalue weighted by molar-refractivity contribution is 0.598. The lowest BCUT2D eigenvalue weighted by Crippen LogP contribution is -2.17. The first-order chi connectivity index (χ1) is 9.52. The Bertz CT molecular complexity index is 705. The standard InChI is InChI=1S/C13H14Cl2N2O2S/c14-5-1-2-7-20(18,19)17-12-9-11(15)8-10-4-3-6-16-13(10)12/h3-4,6,8-9,17H,1-2,5,7H2. The number of nitrogens with zero attached hydrogens (tertiary/aromatic N) is 1. The molecular weight excluding hydrogens is 319 g/mol. The number of benzene rings is 1. The van der Waals surface area contributed by atoms with Crippen LogP contribution in [0.5, 0.6) is 0 Å². The van der Waals surface area contributed by atoms with E-state index in [1.54, 1.807) is 24.4 Å². The molecular formula is C13H14Cl2N2O2S. The number of halogens is 2. The minimum absolute atomic E-state index is 0.0283. The third-order valence-electron chi connectivity index (χ3n) is 2.73. The fraction of sp³-hybridized carbons (Fsp3) is 0.308. The van der Waals surface area contributed by atoms with E-state index in [0.717, 1.165) is 5.39 Å². The summed E-state index contributed by atoms with van der Waals surface area (Å²) in [6.45, 7) is 0. The van der Waals surface area contributed by atoms with Gasteiger partial charge in [-0.25, -0.2) is 8.42 Å². The maximum absolute atomic E-state index is 12.0. The second-order valence-corrected chi connectivity index (χ2v) is 7.00. The highest BCUT2D eigenvalue weighted by atomic mass is 35.5. The Morgan fingerprint density at radius 3 is 2.80 bits per heavy atom. The van der Waals surface area contributed by atoms with Gasteiger partial charge in [-0.2, -0.15) is 0 Å². The Morgan fingerprint density at radius 1 is 1.25 bits per heavy atom. The molecule has 108 valence electrons. The second kappa shape index (κ2) is 6.61.